The summed E-state index contributed by atoms with van der Waals surface area (Å²) in [5, 5.41) is 8.22. The number of carbonyl (C=O) groups is 1. The minimum Gasteiger partial charge on any atom is -0.444 e. The van der Waals surface area contributed by atoms with Gasteiger partial charge in [0.15, 0.2) is 5.15 Å². The molecule has 6 nitrogen and oxygen atoms in total. The molecule has 122 valence electrons. The van der Waals surface area contributed by atoms with Crippen molar-refractivity contribution in [1.29, 1.82) is 0 Å². The number of nitrogens with zero attached hydrogens (tertiary/aromatic N) is 3. The van der Waals surface area contributed by atoms with Gasteiger partial charge in [-0.15, -0.1) is 10.2 Å². The van der Waals surface area contributed by atoms with Gasteiger partial charge in [0.1, 0.15) is 10.6 Å². The number of ether oxygens (including phenoxy) is 1. The second kappa shape index (κ2) is 6.91. The molecular weight excluding hydrogens is 326 g/mol. The fraction of sp³-hybridized carbons (Fsp3) is 0.643. The normalized spacial score (nSPS) is 20.0. The molecule has 8 heteroatoms. The summed E-state index contributed by atoms with van der Waals surface area (Å²) < 4.78 is 17.6. The smallest absolute Gasteiger partial charge is 0.410 e. The lowest BCUT2D eigenvalue weighted by atomic mass is 10.2. The number of carbonyl (C=O) groups excluding carboxylic acids is 1. The summed E-state index contributed by atoms with van der Waals surface area (Å²) in [6, 6.07) is 3.19. The van der Waals surface area contributed by atoms with Crippen molar-refractivity contribution in [3.05, 3.63) is 17.3 Å². The van der Waals surface area contributed by atoms with Crippen LogP contribution in [0.15, 0.2) is 17.2 Å². The quantitative estimate of drug-likeness (QED) is 0.841. The number of hydrogen-bond acceptors (Lipinski definition) is 5. The summed E-state index contributed by atoms with van der Waals surface area (Å²) in [5.74, 6) is 0.626. The van der Waals surface area contributed by atoms with Crippen LogP contribution in [0.2, 0.25) is 5.15 Å². The number of aromatic nitrogens is 2. The van der Waals surface area contributed by atoms with E-state index in [0.29, 0.717) is 23.9 Å². The van der Waals surface area contributed by atoms with Gasteiger partial charge in [0, 0.05) is 18.8 Å². The molecule has 2 rings (SSSR count). The third-order valence-electron chi connectivity index (χ3n) is 3.17. The van der Waals surface area contributed by atoms with Crippen LogP contribution >= 0.6 is 11.6 Å². The number of likely N-dealkylation sites (tertiary alicyclic amines) is 1. The SMILES string of the molecule is CC(C)(C)OC(=O)N1CC[C@H](C[S@@](=O)c2ccc(Cl)nn2)C1. The Kier molecular flexibility index (Phi) is 5.39. The molecule has 1 fully saturated rings. The summed E-state index contributed by atoms with van der Waals surface area (Å²) in [7, 11) is -1.24. The van der Waals surface area contributed by atoms with Crippen LogP contribution in [0.5, 0.6) is 0 Å². The van der Waals surface area contributed by atoms with E-state index in [1.807, 2.05) is 20.8 Å². The van der Waals surface area contributed by atoms with Crippen LogP contribution in [0.3, 0.4) is 0 Å². The highest BCUT2D eigenvalue weighted by Crippen LogP contribution is 2.21. The van der Waals surface area contributed by atoms with Crippen molar-refractivity contribution in [2.24, 2.45) is 5.92 Å². The van der Waals surface area contributed by atoms with Crippen molar-refractivity contribution in [1.82, 2.24) is 15.1 Å². The minimum atomic E-state index is -1.24. The third kappa shape index (κ3) is 4.91. The monoisotopic (exact) mass is 345 g/mol. The van der Waals surface area contributed by atoms with Crippen molar-refractivity contribution < 1.29 is 13.7 Å². The molecule has 1 aromatic heterocycles. The van der Waals surface area contributed by atoms with Crippen LogP contribution < -0.4 is 0 Å². The van der Waals surface area contributed by atoms with Crippen LogP contribution in [0, 0.1) is 5.92 Å². The molecular formula is C14H20ClN3O3S. The van der Waals surface area contributed by atoms with Gasteiger partial charge in [-0.3, -0.25) is 4.21 Å². The predicted octanol–water partition coefficient (Wildman–Crippen LogP) is 2.49. The standard InChI is InChI=1S/C14H20ClN3O3S/c1-14(2,3)21-13(19)18-7-6-10(8-18)9-22(20)12-5-4-11(15)16-17-12/h4-5,10H,6-9H2,1-3H3/t10-,22+/m0/s1. The van der Waals surface area contributed by atoms with Crippen LogP contribution in [-0.2, 0) is 15.5 Å². The first-order valence-corrected chi connectivity index (χ1v) is 8.80. The van der Waals surface area contributed by atoms with Gasteiger partial charge in [-0.25, -0.2) is 4.79 Å². The Balaban J connectivity index is 1.87. The summed E-state index contributed by atoms with van der Waals surface area (Å²) in [6.45, 7) is 6.71. The molecule has 1 aliphatic rings. The number of hydrogen-bond donors (Lipinski definition) is 0. The third-order valence-corrected chi connectivity index (χ3v) is 4.83. The molecule has 0 N–H and O–H groups in total. The van der Waals surface area contributed by atoms with E-state index >= 15 is 0 Å². The lowest BCUT2D eigenvalue weighted by Crippen LogP contribution is -2.35. The summed E-state index contributed by atoms with van der Waals surface area (Å²) in [6.07, 6.45) is 0.499. The highest BCUT2D eigenvalue weighted by Gasteiger charge is 2.30. The van der Waals surface area contributed by atoms with Gasteiger partial charge in [0.25, 0.3) is 0 Å². The van der Waals surface area contributed by atoms with Gasteiger partial charge in [0.2, 0.25) is 0 Å². The van der Waals surface area contributed by atoms with E-state index in [-0.39, 0.29) is 17.2 Å². The van der Waals surface area contributed by atoms with Crippen molar-refractivity contribution in [3.63, 3.8) is 0 Å². The zero-order chi connectivity index (χ0) is 16.3. The first-order chi connectivity index (χ1) is 10.2. The van der Waals surface area contributed by atoms with Crippen LogP contribution in [-0.4, -0.2) is 49.8 Å². The molecule has 0 aliphatic carbocycles. The lowest BCUT2D eigenvalue weighted by Gasteiger charge is -2.24. The molecule has 0 unspecified atom stereocenters. The van der Waals surface area contributed by atoms with E-state index in [9.17, 15) is 9.00 Å². The van der Waals surface area contributed by atoms with E-state index in [1.165, 1.54) is 0 Å². The Morgan fingerprint density at radius 1 is 1.45 bits per heavy atom. The number of halogens is 1. The van der Waals surface area contributed by atoms with E-state index in [1.54, 1.807) is 17.0 Å². The molecule has 1 aliphatic heterocycles. The molecule has 2 heterocycles. The average Bonchev–Trinajstić information content (AvgIpc) is 2.86. The number of amides is 1. The Bertz CT molecular complexity index is 559. The number of rotatable bonds is 3. The van der Waals surface area contributed by atoms with Gasteiger partial charge in [-0.05, 0) is 45.2 Å². The Morgan fingerprint density at radius 2 is 2.18 bits per heavy atom. The fourth-order valence-corrected chi connectivity index (χ4v) is 3.51. The minimum absolute atomic E-state index is 0.172. The fourth-order valence-electron chi connectivity index (χ4n) is 2.19. The van der Waals surface area contributed by atoms with E-state index in [2.05, 4.69) is 10.2 Å². The molecule has 0 saturated carbocycles. The molecule has 1 amide bonds. The van der Waals surface area contributed by atoms with Gasteiger partial charge in [-0.2, -0.15) is 0 Å². The molecule has 1 aromatic rings. The van der Waals surface area contributed by atoms with Gasteiger partial charge < -0.3 is 9.64 Å². The van der Waals surface area contributed by atoms with Gasteiger partial charge in [0.05, 0.1) is 10.8 Å². The van der Waals surface area contributed by atoms with Crippen molar-refractivity contribution >= 4 is 28.5 Å². The first-order valence-electron chi connectivity index (χ1n) is 7.10. The van der Waals surface area contributed by atoms with E-state index < -0.39 is 16.4 Å². The Morgan fingerprint density at radius 3 is 2.77 bits per heavy atom. The highest BCUT2D eigenvalue weighted by atomic mass is 35.5. The van der Waals surface area contributed by atoms with Crippen molar-refractivity contribution in [2.45, 2.75) is 37.8 Å². The Hall–Kier alpha value is -1.21. The maximum Gasteiger partial charge on any atom is 0.410 e. The van der Waals surface area contributed by atoms with Crippen molar-refractivity contribution in [2.75, 3.05) is 18.8 Å². The Labute approximate surface area is 137 Å². The van der Waals surface area contributed by atoms with Gasteiger partial charge >= 0.3 is 6.09 Å². The van der Waals surface area contributed by atoms with Crippen LogP contribution in [0.25, 0.3) is 0 Å². The molecule has 22 heavy (non-hydrogen) atoms. The summed E-state index contributed by atoms with van der Waals surface area (Å²) in [4.78, 5) is 13.7. The highest BCUT2D eigenvalue weighted by molar-refractivity contribution is 7.84. The maximum absolute atomic E-state index is 12.2. The average molecular weight is 346 g/mol. The molecule has 0 aromatic carbocycles. The second-order valence-corrected chi connectivity index (χ2v) is 8.12. The molecule has 2 atom stereocenters. The first kappa shape index (κ1) is 17.1. The lowest BCUT2D eigenvalue weighted by molar-refractivity contribution is 0.0289. The maximum atomic E-state index is 12.2. The molecule has 0 radical (unpaired) electrons. The topological polar surface area (TPSA) is 72.4 Å². The molecule has 1 saturated heterocycles. The summed E-state index contributed by atoms with van der Waals surface area (Å²) >= 11 is 5.66. The molecule has 0 spiro atoms. The zero-order valence-electron chi connectivity index (χ0n) is 12.9. The van der Waals surface area contributed by atoms with Crippen LogP contribution in [0.1, 0.15) is 27.2 Å². The largest absolute Gasteiger partial charge is 0.444 e. The second-order valence-electron chi connectivity index (χ2n) is 6.29. The predicted molar refractivity (Wildman–Crippen MR) is 84.2 cm³/mol. The molecule has 0 bridgehead atoms. The van der Waals surface area contributed by atoms with E-state index in [0.717, 1.165) is 6.42 Å². The van der Waals surface area contributed by atoms with Crippen molar-refractivity contribution in [3.8, 4) is 0 Å². The van der Waals surface area contributed by atoms with E-state index in [4.69, 9.17) is 16.3 Å². The zero-order valence-corrected chi connectivity index (χ0v) is 14.5. The van der Waals surface area contributed by atoms with Crippen LogP contribution in [0.4, 0.5) is 4.79 Å². The van der Waals surface area contributed by atoms with Gasteiger partial charge in [-0.1, -0.05) is 11.6 Å². The summed E-state index contributed by atoms with van der Waals surface area (Å²) in [5.41, 5.74) is -0.503.